The smallest absolute Gasteiger partial charge is 0.307 e. The average Bonchev–Trinajstić information content (AvgIpc) is 2.83. The van der Waals surface area contributed by atoms with Crippen molar-refractivity contribution in [3.8, 4) is 16.9 Å². The highest BCUT2D eigenvalue weighted by Gasteiger charge is 2.20. The number of hydrogen-bond acceptors (Lipinski definition) is 4. The molecular formula is C27H21FO5S. The van der Waals surface area contributed by atoms with Gasteiger partial charge in [0, 0.05) is 11.6 Å². The minimum absolute atomic E-state index is 0.0127. The van der Waals surface area contributed by atoms with E-state index in [1.54, 1.807) is 30.3 Å². The summed E-state index contributed by atoms with van der Waals surface area (Å²) in [7, 11) is -3.93. The van der Waals surface area contributed by atoms with Crippen molar-refractivity contribution in [3.05, 3.63) is 114 Å². The molecule has 0 bridgehead atoms. The van der Waals surface area contributed by atoms with Gasteiger partial charge < -0.3 is 9.84 Å². The Morgan fingerprint density at radius 3 is 2.18 bits per heavy atom. The Morgan fingerprint density at radius 1 is 0.794 bits per heavy atom. The molecule has 0 spiro atoms. The molecule has 1 N–H and O–H groups in total. The van der Waals surface area contributed by atoms with Crippen LogP contribution in [0.1, 0.15) is 11.1 Å². The number of sulfone groups is 1. The maximum Gasteiger partial charge on any atom is 0.307 e. The highest BCUT2D eigenvalue weighted by Crippen LogP contribution is 2.30. The summed E-state index contributed by atoms with van der Waals surface area (Å²) in [5, 5.41) is 8.98. The van der Waals surface area contributed by atoms with E-state index >= 15 is 0 Å². The molecule has 4 aromatic rings. The predicted molar refractivity (Wildman–Crippen MR) is 126 cm³/mol. The third kappa shape index (κ3) is 5.32. The van der Waals surface area contributed by atoms with Gasteiger partial charge in [-0.25, -0.2) is 12.8 Å². The van der Waals surface area contributed by atoms with Crippen molar-refractivity contribution in [1.82, 2.24) is 0 Å². The molecule has 172 valence electrons. The van der Waals surface area contributed by atoms with Crippen LogP contribution in [0.15, 0.2) is 107 Å². The lowest BCUT2D eigenvalue weighted by Gasteiger charge is -2.11. The minimum atomic E-state index is -3.93. The number of halogens is 1. The van der Waals surface area contributed by atoms with E-state index < -0.39 is 21.6 Å². The maximum atomic E-state index is 14.9. The van der Waals surface area contributed by atoms with Gasteiger partial charge >= 0.3 is 5.97 Å². The van der Waals surface area contributed by atoms with Gasteiger partial charge in [-0.2, -0.15) is 0 Å². The molecule has 4 rings (SSSR count). The molecule has 0 heterocycles. The fraction of sp³-hybridized carbons (Fsp3) is 0.0741. The molecule has 4 aromatic carbocycles. The summed E-state index contributed by atoms with van der Waals surface area (Å²) in [5.74, 6) is -1.23. The highest BCUT2D eigenvalue weighted by molar-refractivity contribution is 7.91. The maximum absolute atomic E-state index is 14.9. The lowest BCUT2D eigenvalue weighted by atomic mass is 10.1. The Bertz CT molecular complexity index is 1430. The molecule has 0 aromatic heterocycles. The summed E-state index contributed by atoms with van der Waals surface area (Å²) in [6, 6.07) is 25.8. The van der Waals surface area contributed by atoms with Crippen LogP contribution in [0.5, 0.6) is 5.75 Å². The summed E-state index contributed by atoms with van der Waals surface area (Å²) in [6.07, 6.45) is -0.284. The molecule has 0 fully saturated rings. The van der Waals surface area contributed by atoms with E-state index in [4.69, 9.17) is 9.84 Å². The molecule has 0 radical (unpaired) electrons. The van der Waals surface area contributed by atoms with Crippen molar-refractivity contribution in [3.63, 3.8) is 0 Å². The molecule has 0 saturated carbocycles. The standard InChI is InChI=1S/C27H21FO5S/c28-26-17-22(33-18-19-6-2-1-3-7-19)12-13-25(26)21-9-5-11-24(16-21)34(31,32)23-10-4-8-20(14-23)15-27(29)30/h1-14,16-17H,15,18H2,(H,29,30). The second-order valence-corrected chi connectivity index (χ2v) is 9.61. The normalized spacial score (nSPS) is 11.2. The number of carboxylic acid groups (broad SMARTS) is 1. The van der Waals surface area contributed by atoms with Gasteiger partial charge in [-0.15, -0.1) is 0 Å². The van der Waals surface area contributed by atoms with Crippen molar-refractivity contribution in [1.29, 1.82) is 0 Å². The van der Waals surface area contributed by atoms with E-state index in [-0.39, 0.29) is 21.8 Å². The topological polar surface area (TPSA) is 80.7 Å². The van der Waals surface area contributed by atoms with Gasteiger partial charge in [0.1, 0.15) is 18.2 Å². The summed E-state index contributed by atoms with van der Waals surface area (Å²) < 4.78 is 46.9. The molecule has 0 aliphatic rings. The third-order valence-corrected chi connectivity index (χ3v) is 6.96. The first-order valence-electron chi connectivity index (χ1n) is 10.5. The van der Waals surface area contributed by atoms with E-state index in [0.717, 1.165) is 5.56 Å². The van der Waals surface area contributed by atoms with E-state index in [1.807, 2.05) is 30.3 Å². The minimum Gasteiger partial charge on any atom is -0.489 e. The van der Waals surface area contributed by atoms with Gasteiger partial charge in [0.2, 0.25) is 9.84 Å². The molecule has 0 aliphatic carbocycles. The van der Waals surface area contributed by atoms with Gasteiger partial charge in [-0.3, -0.25) is 4.79 Å². The van der Waals surface area contributed by atoms with Crippen molar-refractivity contribution in [2.45, 2.75) is 22.8 Å². The molecule has 5 nitrogen and oxygen atoms in total. The summed E-state index contributed by atoms with van der Waals surface area (Å²) >= 11 is 0. The largest absolute Gasteiger partial charge is 0.489 e. The highest BCUT2D eigenvalue weighted by atomic mass is 32.2. The van der Waals surface area contributed by atoms with Gasteiger partial charge in [-0.05, 0) is 53.1 Å². The molecule has 0 saturated heterocycles. The molecule has 7 heteroatoms. The zero-order valence-corrected chi connectivity index (χ0v) is 18.8. The zero-order valence-electron chi connectivity index (χ0n) is 18.0. The quantitative estimate of drug-likeness (QED) is 0.362. The monoisotopic (exact) mass is 476 g/mol. The molecule has 0 atom stereocenters. The van der Waals surface area contributed by atoms with Crippen LogP contribution in [-0.2, 0) is 27.7 Å². The Morgan fingerprint density at radius 2 is 1.47 bits per heavy atom. The Hall–Kier alpha value is -3.97. The van der Waals surface area contributed by atoms with Crippen molar-refractivity contribution in [2.75, 3.05) is 0 Å². The predicted octanol–water partition coefficient (Wildman–Crippen LogP) is 5.53. The summed E-state index contributed by atoms with van der Waals surface area (Å²) in [4.78, 5) is 10.9. The second kappa shape index (κ2) is 9.89. The molecular weight excluding hydrogens is 455 g/mol. The van der Waals surface area contributed by atoms with E-state index in [1.165, 1.54) is 36.4 Å². The van der Waals surface area contributed by atoms with Crippen LogP contribution < -0.4 is 4.74 Å². The van der Waals surface area contributed by atoms with Crippen LogP contribution in [0.3, 0.4) is 0 Å². The number of carboxylic acids is 1. The molecule has 0 unspecified atom stereocenters. The lowest BCUT2D eigenvalue weighted by molar-refractivity contribution is -0.136. The van der Waals surface area contributed by atoms with E-state index in [2.05, 4.69) is 0 Å². The van der Waals surface area contributed by atoms with Gasteiger partial charge in [-0.1, -0.05) is 54.6 Å². The number of ether oxygens (including phenoxy) is 1. The third-order valence-electron chi connectivity index (χ3n) is 5.21. The molecule has 0 aliphatic heterocycles. The van der Waals surface area contributed by atoms with Gasteiger partial charge in [0.15, 0.2) is 0 Å². The van der Waals surface area contributed by atoms with Crippen LogP contribution >= 0.6 is 0 Å². The number of rotatable bonds is 8. The molecule has 0 amide bonds. The number of benzene rings is 4. The number of carbonyl (C=O) groups is 1. The van der Waals surface area contributed by atoms with Crippen molar-refractivity contribution in [2.24, 2.45) is 0 Å². The Balaban J connectivity index is 1.59. The first kappa shape index (κ1) is 23.2. The lowest BCUT2D eigenvalue weighted by Crippen LogP contribution is -2.05. The number of aliphatic carboxylic acids is 1. The van der Waals surface area contributed by atoms with Crippen LogP contribution in [0.2, 0.25) is 0 Å². The number of hydrogen-bond donors (Lipinski definition) is 1. The zero-order chi connectivity index (χ0) is 24.1. The Labute approximate surface area is 197 Å². The van der Waals surface area contributed by atoms with Gasteiger partial charge in [0.25, 0.3) is 0 Å². The van der Waals surface area contributed by atoms with Crippen molar-refractivity contribution >= 4 is 15.8 Å². The average molecular weight is 477 g/mol. The van der Waals surface area contributed by atoms with E-state index in [0.29, 0.717) is 23.5 Å². The van der Waals surface area contributed by atoms with E-state index in [9.17, 15) is 17.6 Å². The fourth-order valence-corrected chi connectivity index (χ4v) is 4.90. The van der Waals surface area contributed by atoms with Crippen molar-refractivity contribution < 1.29 is 27.4 Å². The van der Waals surface area contributed by atoms with Crippen LogP contribution in [0.4, 0.5) is 4.39 Å². The summed E-state index contributed by atoms with van der Waals surface area (Å²) in [5.41, 5.74) is 1.97. The first-order chi connectivity index (χ1) is 16.3. The Kier molecular flexibility index (Phi) is 6.75. The fourth-order valence-electron chi connectivity index (χ4n) is 3.52. The molecule has 34 heavy (non-hydrogen) atoms. The second-order valence-electron chi connectivity index (χ2n) is 7.67. The van der Waals surface area contributed by atoms with Crippen LogP contribution in [-0.4, -0.2) is 19.5 Å². The first-order valence-corrected chi connectivity index (χ1v) is 11.9. The van der Waals surface area contributed by atoms with Crippen LogP contribution in [0.25, 0.3) is 11.1 Å². The SMILES string of the molecule is O=C(O)Cc1cccc(S(=O)(=O)c2cccc(-c3ccc(OCc4ccccc4)cc3F)c2)c1. The summed E-state index contributed by atoms with van der Waals surface area (Å²) in [6.45, 7) is 0.300. The van der Waals surface area contributed by atoms with Gasteiger partial charge in [0.05, 0.1) is 16.2 Å². The van der Waals surface area contributed by atoms with Crippen LogP contribution in [0, 0.1) is 5.82 Å².